The molecule has 0 fully saturated rings. The van der Waals surface area contributed by atoms with Crippen LogP contribution in [-0.4, -0.2) is 28.2 Å². The van der Waals surface area contributed by atoms with Crippen molar-refractivity contribution in [2.45, 2.75) is 39.0 Å². The number of phenols is 2. The van der Waals surface area contributed by atoms with E-state index in [1.807, 2.05) is 79.7 Å². The van der Waals surface area contributed by atoms with Crippen molar-refractivity contribution in [2.75, 3.05) is 0 Å². The van der Waals surface area contributed by atoms with Crippen LogP contribution < -0.4 is 5.73 Å². The van der Waals surface area contributed by atoms with Gasteiger partial charge in [-0.3, -0.25) is 9.59 Å². The maximum absolute atomic E-state index is 11.9. The van der Waals surface area contributed by atoms with E-state index in [-0.39, 0.29) is 30.0 Å². The molecule has 0 amide bonds. The van der Waals surface area contributed by atoms with Gasteiger partial charge in [-0.05, 0) is 59.4 Å². The van der Waals surface area contributed by atoms with Gasteiger partial charge in [0, 0.05) is 0 Å². The molecule has 7 nitrogen and oxygen atoms in total. The van der Waals surface area contributed by atoms with Gasteiger partial charge in [0.2, 0.25) is 0 Å². The molecule has 4 N–H and O–H groups in total. The Labute approximate surface area is 234 Å². The smallest absolute Gasteiger partial charge is 0.323 e. The van der Waals surface area contributed by atoms with Crippen LogP contribution in [0, 0.1) is 5.92 Å². The van der Waals surface area contributed by atoms with Gasteiger partial charge in [-0.25, -0.2) is 0 Å². The Bertz CT molecular complexity index is 1200. The van der Waals surface area contributed by atoms with Gasteiger partial charge in [0.1, 0.15) is 30.8 Å². The first-order valence-electron chi connectivity index (χ1n) is 13.0. The summed E-state index contributed by atoms with van der Waals surface area (Å²) in [4.78, 5) is 23.7. The number of nitrogens with two attached hydrogens (primary N) is 1. The van der Waals surface area contributed by atoms with E-state index in [1.165, 1.54) is 0 Å². The van der Waals surface area contributed by atoms with E-state index in [0.717, 1.165) is 22.3 Å². The number of aromatic hydroxyl groups is 2. The van der Waals surface area contributed by atoms with Gasteiger partial charge < -0.3 is 25.4 Å². The summed E-state index contributed by atoms with van der Waals surface area (Å²) >= 11 is 0. The van der Waals surface area contributed by atoms with Crippen LogP contribution in [0.15, 0.2) is 109 Å². The second-order valence-electron chi connectivity index (χ2n) is 9.44. The summed E-state index contributed by atoms with van der Waals surface area (Å²) in [5, 5.41) is 18.4. The normalized spacial score (nSPS) is 11.8. The maximum atomic E-state index is 11.9. The Kier molecular flexibility index (Phi) is 11.8. The predicted octanol–water partition coefficient (Wildman–Crippen LogP) is 5.32. The summed E-state index contributed by atoms with van der Waals surface area (Å²) in [7, 11) is 0. The van der Waals surface area contributed by atoms with Crippen LogP contribution in [0.25, 0.3) is 0 Å². The van der Waals surface area contributed by atoms with Gasteiger partial charge >= 0.3 is 11.9 Å². The number of phenolic OH excluding ortho intramolecular Hbond substituents is 2. The summed E-state index contributed by atoms with van der Waals surface area (Å²) in [5.74, 6) is -0.422. The molecule has 0 radical (unpaired) electrons. The molecule has 0 aliphatic carbocycles. The molecule has 40 heavy (non-hydrogen) atoms. The third-order valence-electron chi connectivity index (χ3n) is 6.02. The molecule has 0 aromatic heterocycles. The number of rotatable bonds is 10. The molecule has 208 valence electrons. The lowest BCUT2D eigenvalue weighted by Gasteiger charge is -2.11. The summed E-state index contributed by atoms with van der Waals surface area (Å²) in [6.45, 7) is 2.38. The highest BCUT2D eigenvalue weighted by Gasteiger charge is 2.16. The van der Waals surface area contributed by atoms with E-state index in [2.05, 4.69) is 0 Å². The molecule has 0 bridgehead atoms. The van der Waals surface area contributed by atoms with E-state index in [0.29, 0.717) is 19.4 Å². The van der Waals surface area contributed by atoms with Crippen molar-refractivity contribution < 1.29 is 29.3 Å². The molecule has 0 aliphatic heterocycles. The summed E-state index contributed by atoms with van der Waals surface area (Å²) in [6, 6.07) is 31.9. The zero-order valence-corrected chi connectivity index (χ0v) is 22.5. The molecule has 4 aromatic rings. The quantitative estimate of drug-likeness (QED) is 0.233. The molecule has 0 aliphatic rings. The van der Waals surface area contributed by atoms with Crippen LogP contribution in [-0.2, 0) is 45.1 Å². The van der Waals surface area contributed by atoms with Gasteiger partial charge in [0.15, 0.2) is 0 Å². The molecule has 4 aromatic carbocycles. The van der Waals surface area contributed by atoms with Crippen molar-refractivity contribution in [3.8, 4) is 11.5 Å². The third kappa shape index (κ3) is 10.6. The van der Waals surface area contributed by atoms with Crippen molar-refractivity contribution in [1.29, 1.82) is 0 Å². The fourth-order valence-electron chi connectivity index (χ4n) is 3.74. The first-order chi connectivity index (χ1) is 19.3. The minimum atomic E-state index is -0.705. The average molecular weight is 542 g/mol. The Morgan fingerprint density at radius 1 is 0.600 bits per heavy atom. The van der Waals surface area contributed by atoms with E-state index >= 15 is 0 Å². The van der Waals surface area contributed by atoms with Crippen molar-refractivity contribution in [2.24, 2.45) is 11.7 Å². The fourth-order valence-corrected chi connectivity index (χ4v) is 3.74. The van der Waals surface area contributed by atoms with Crippen molar-refractivity contribution in [3.05, 3.63) is 131 Å². The van der Waals surface area contributed by atoms with Gasteiger partial charge in [-0.1, -0.05) is 91.9 Å². The van der Waals surface area contributed by atoms with E-state index in [9.17, 15) is 19.8 Å². The zero-order chi connectivity index (χ0) is 28.7. The second-order valence-corrected chi connectivity index (χ2v) is 9.44. The molecule has 2 atom stereocenters. The van der Waals surface area contributed by atoms with Crippen LogP contribution in [0.3, 0.4) is 0 Å². The minimum absolute atomic E-state index is 0.189. The first-order valence-corrected chi connectivity index (χ1v) is 13.0. The summed E-state index contributed by atoms with van der Waals surface area (Å²) in [5.41, 5.74) is 9.61. The molecule has 0 unspecified atom stereocenters. The zero-order valence-electron chi connectivity index (χ0n) is 22.5. The van der Waals surface area contributed by atoms with Gasteiger partial charge in [0.25, 0.3) is 0 Å². The lowest BCUT2D eigenvalue weighted by atomic mass is 10.0. The molecular weight excluding hydrogens is 506 g/mol. The number of carbonyl (C=O) groups excluding carboxylic acids is 2. The SMILES string of the molecule is C[C@H](Cc1ccc(O)cc1)C(=O)OCc1ccccc1.N[C@H](Cc1ccc(O)cc1)C(=O)OCc1ccccc1. The number of hydrogen-bond donors (Lipinski definition) is 3. The van der Waals surface area contributed by atoms with Crippen LogP contribution in [0.2, 0.25) is 0 Å². The molecule has 4 rings (SSSR count). The van der Waals surface area contributed by atoms with E-state index in [1.54, 1.807) is 36.4 Å². The third-order valence-corrected chi connectivity index (χ3v) is 6.02. The largest absolute Gasteiger partial charge is 0.508 e. The fraction of sp³-hybridized carbons (Fsp3) is 0.212. The van der Waals surface area contributed by atoms with Crippen LogP contribution in [0.5, 0.6) is 11.5 Å². The molecule has 0 saturated heterocycles. The highest BCUT2D eigenvalue weighted by Crippen LogP contribution is 2.15. The average Bonchev–Trinajstić information content (AvgIpc) is 2.98. The molecule has 0 spiro atoms. The van der Waals surface area contributed by atoms with E-state index < -0.39 is 12.0 Å². The lowest BCUT2D eigenvalue weighted by molar-refractivity contribution is -0.149. The van der Waals surface area contributed by atoms with Crippen molar-refractivity contribution >= 4 is 11.9 Å². The van der Waals surface area contributed by atoms with Gasteiger partial charge in [-0.15, -0.1) is 0 Å². The Hall–Kier alpha value is -4.62. The minimum Gasteiger partial charge on any atom is -0.508 e. The predicted molar refractivity (Wildman–Crippen MR) is 153 cm³/mol. The summed E-state index contributed by atoms with van der Waals surface area (Å²) in [6.07, 6.45) is 0.988. The van der Waals surface area contributed by atoms with Crippen molar-refractivity contribution in [3.63, 3.8) is 0 Å². The highest BCUT2D eigenvalue weighted by atomic mass is 16.5. The molecule has 0 heterocycles. The Balaban J connectivity index is 0.000000220. The van der Waals surface area contributed by atoms with Crippen LogP contribution >= 0.6 is 0 Å². The van der Waals surface area contributed by atoms with Crippen LogP contribution in [0.1, 0.15) is 29.2 Å². The van der Waals surface area contributed by atoms with Crippen molar-refractivity contribution in [1.82, 2.24) is 0 Å². The number of benzene rings is 4. The number of hydrogen-bond acceptors (Lipinski definition) is 7. The first kappa shape index (κ1) is 29.9. The van der Waals surface area contributed by atoms with Gasteiger partial charge in [0.05, 0.1) is 5.92 Å². The molecule has 7 heteroatoms. The monoisotopic (exact) mass is 541 g/mol. The lowest BCUT2D eigenvalue weighted by Crippen LogP contribution is -2.34. The number of carbonyl (C=O) groups is 2. The molecular formula is C33H35NO6. The second kappa shape index (κ2) is 15.7. The van der Waals surface area contributed by atoms with Crippen LogP contribution in [0.4, 0.5) is 0 Å². The molecule has 0 saturated carbocycles. The standard InChI is InChI=1S/C17H18O3.C16H17NO3/c1-13(11-14-7-9-16(18)10-8-14)17(19)20-12-15-5-3-2-4-6-15;17-15(10-12-6-8-14(18)9-7-12)16(19)20-11-13-4-2-1-3-5-13/h2-10,13,18H,11-12H2,1H3;1-9,15,18H,10-11,17H2/t13-;15-/m11/s1. The van der Waals surface area contributed by atoms with Gasteiger partial charge in [-0.2, -0.15) is 0 Å². The Morgan fingerprint density at radius 3 is 1.45 bits per heavy atom. The number of ether oxygens (including phenoxy) is 2. The Morgan fingerprint density at radius 2 is 1.00 bits per heavy atom. The number of esters is 2. The summed E-state index contributed by atoms with van der Waals surface area (Å²) < 4.78 is 10.5. The topological polar surface area (TPSA) is 119 Å². The maximum Gasteiger partial charge on any atom is 0.323 e. The van der Waals surface area contributed by atoms with E-state index in [4.69, 9.17) is 15.2 Å². The highest BCUT2D eigenvalue weighted by molar-refractivity contribution is 5.76.